The summed E-state index contributed by atoms with van der Waals surface area (Å²) in [4.78, 5) is 11.4. The largest absolute Gasteiger partial charge is 0.469 e. The van der Waals surface area contributed by atoms with Gasteiger partial charge in [-0.05, 0) is 31.7 Å². The molecule has 0 aromatic rings. The molecule has 1 saturated heterocycles. The molecule has 0 amide bonds. The van der Waals surface area contributed by atoms with Crippen LogP contribution in [0.2, 0.25) is 0 Å². The summed E-state index contributed by atoms with van der Waals surface area (Å²) in [5.41, 5.74) is 0. The Hall–Kier alpha value is -0.220. The van der Waals surface area contributed by atoms with Gasteiger partial charge in [0.25, 0.3) is 0 Å². The van der Waals surface area contributed by atoms with Crippen molar-refractivity contribution in [3.05, 3.63) is 0 Å². The number of esters is 1. The van der Waals surface area contributed by atoms with Gasteiger partial charge in [0.05, 0.1) is 13.0 Å². The van der Waals surface area contributed by atoms with E-state index in [0.717, 1.165) is 25.3 Å². The van der Waals surface area contributed by atoms with Gasteiger partial charge in [0.15, 0.2) is 0 Å². The fourth-order valence-corrected chi connectivity index (χ4v) is 2.52. The van der Waals surface area contributed by atoms with Crippen LogP contribution in [0.5, 0.6) is 0 Å². The van der Waals surface area contributed by atoms with E-state index in [1.165, 1.54) is 7.11 Å². The second-order valence-corrected chi connectivity index (χ2v) is 4.25. The molecule has 1 fully saturated rings. The number of carbonyl (C=O) groups excluding carboxylic acids is 1. The monoisotopic (exact) mass is 203 g/mol. The molecule has 0 aromatic carbocycles. The van der Waals surface area contributed by atoms with Crippen LogP contribution < -0.4 is 5.32 Å². The van der Waals surface area contributed by atoms with Crippen LogP contribution in [0.1, 0.15) is 6.42 Å². The van der Waals surface area contributed by atoms with E-state index in [9.17, 15) is 4.79 Å². The van der Waals surface area contributed by atoms with E-state index in [1.807, 2.05) is 6.26 Å². The third-order valence-corrected chi connectivity index (χ3v) is 3.21. The van der Waals surface area contributed by atoms with Crippen LogP contribution in [-0.2, 0) is 9.53 Å². The molecule has 0 aromatic heterocycles. The molecule has 1 rings (SSSR count). The molecule has 76 valence electrons. The second kappa shape index (κ2) is 5.50. The number of carbonyl (C=O) groups is 1. The Morgan fingerprint density at radius 2 is 2.54 bits per heavy atom. The molecule has 0 bridgehead atoms. The first kappa shape index (κ1) is 10.9. The third-order valence-electron chi connectivity index (χ3n) is 2.52. The summed E-state index contributed by atoms with van der Waals surface area (Å²) < 4.78 is 4.80. The summed E-state index contributed by atoms with van der Waals surface area (Å²) in [5.74, 6) is 1.37. The molecule has 1 N–H and O–H groups in total. The average molecular weight is 203 g/mol. The van der Waals surface area contributed by atoms with Crippen molar-refractivity contribution in [1.82, 2.24) is 5.32 Å². The van der Waals surface area contributed by atoms with Gasteiger partial charge in [-0.25, -0.2) is 0 Å². The minimum atomic E-state index is -0.0527. The van der Waals surface area contributed by atoms with E-state index in [4.69, 9.17) is 4.74 Å². The summed E-state index contributed by atoms with van der Waals surface area (Å²) >= 11 is 1.71. The highest BCUT2D eigenvalue weighted by Gasteiger charge is 2.30. The van der Waals surface area contributed by atoms with Gasteiger partial charge >= 0.3 is 5.97 Å². The van der Waals surface area contributed by atoms with Crippen molar-refractivity contribution in [3.8, 4) is 0 Å². The Kier molecular flexibility index (Phi) is 4.59. The Labute approximate surface area is 83.6 Å². The van der Waals surface area contributed by atoms with Gasteiger partial charge in [-0.3, -0.25) is 4.79 Å². The molecule has 0 radical (unpaired) electrons. The smallest absolute Gasteiger partial charge is 0.309 e. The van der Waals surface area contributed by atoms with Crippen LogP contribution in [0.4, 0.5) is 0 Å². The molecule has 0 saturated carbocycles. The zero-order valence-electron chi connectivity index (χ0n) is 8.21. The van der Waals surface area contributed by atoms with Crippen molar-refractivity contribution in [2.75, 3.05) is 32.2 Å². The number of hydrogen-bond donors (Lipinski definition) is 1. The normalized spacial score (nSPS) is 24.3. The van der Waals surface area contributed by atoms with Crippen LogP contribution in [0.3, 0.4) is 0 Å². The van der Waals surface area contributed by atoms with Crippen LogP contribution >= 0.6 is 11.8 Å². The Bertz CT molecular complexity index is 169. The molecule has 0 spiro atoms. The lowest BCUT2D eigenvalue weighted by Crippen LogP contribution is -2.28. The van der Waals surface area contributed by atoms with Gasteiger partial charge in [-0.15, -0.1) is 0 Å². The lowest BCUT2D eigenvalue weighted by Gasteiger charge is -2.19. The fourth-order valence-electron chi connectivity index (χ4n) is 1.75. The molecule has 1 aliphatic rings. The summed E-state index contributed by atoms with van der Waals surface area (Å²) in [6, 6.07) is 0. The van der Waals surface area contributed by atoms with E-state index in [1.54, 1.807) is 11.8 Å². The van der Waals surface area contributed by atoms with Crippen molar-refractivity contribution < 1.29 is 9.53 Å². The van der Waals surface area contributed by atoms with E-state index >= 15 is 0 Å². The molecule has 0 aliphatic carbocycles. The maximum absolute atomic E-state index is 11.4. The second-order valence-electron chi connectivity index (χ2n) is 3.34. The van der Waals surface area contributed by atoms with Gasteiger partial charge in [0.2, 0.25) is 0 Å². The van der Waals surface area contributed by atoms with Crippen molar-refractivity contribution in [2.24, 2.45) is 11.8 Å². The summed E-state index contributed by atoms with van der Waals surface area (Å²) in [6.45, 7) is 1.99. The maximum atomic E-state index is 11.4. The molecule has 1 aliphatic heterocycles. The molecule has 3 nitrogen and oxygen atoms in total. The van der Waals surface area contributed by atoms with E-state index in [-0.39, 0.29) is 11.9 Å². The highest BCUT2D eigenvalue weighted by atomic mass is 32.2. The molecular weight excluding hydrogens is 186 g/mol. The Morgan fingerprint density at radius 3 is 3.00 bits per heavy atom. The molecule has 2 unspecified atom stereocenters. The molecule has 13 heavy (non-hydrogen) atoms. The summed E-state index contributed by atoms with van der Waals surface area (Å²) in [7, 11) is 1.47. The van der Waals surface area contributed by atoms with Crippen molar-refractivity contribution in [3.63, 3.8) is 0 Å². The van der Waals surface area contributed by atoms with Crippen LogP contribution in [-0.4, -0.2) is 38.2 Å². The Balaban J connectivity index is 2.49. The molecule has 2 atom stereocenters. The SMILES string of the molecule is COC(=O)C(CSC)C1CCNC1. The van der Waals surface area contributed by atoms with Crippen LogP contribution in [0, 0.1) is 11.8 Å². The predicted octanol–water partition coefficient (Wildman–Crippen LogP) is 0.748. The predicted molar refractivity (Wildman–Crippen MR) is 54.9 cm³/mol. The van der Waals surface area contributed by atoms with Gasteiger partial charge in [-0.1, -0.05) is 0 Å². The number of rotatable bonds is 4. The zero-order valence-corrected chi connectivity index (χ0v) is 9.02. The topological polar surface area (TPSA) is 38.3 Å². The van der Waals surface area contributed by atoms with Crippen molar-refractivity contribution in [1.29, 1.82) is 0 Å². The van der Waals surface area contributed by atoms with Gasteiger partial charge in [0.1, 0.15) is 0 Å². The van der Waals surface area contributed by atoms with Gasteiger partial charge in [-0.2, -0.15) is 11.8 Å². The maximum Gasteiger partial charge on any atom is 0.309 e. The number of hydrogen-bond acceptors (Lipinski definition) is 4. The third kappa shape index (κ3) is 2.88. The van der Waals surface area contributed by atoms with E-state index < -0.39 is 0 Å². The lowest BCUT2D eigenvalue weighted by molar-refractivity contribution is -0.146. The standard InChI is InChI=1S/C9H17NO2S/c1-12-9(11)8(6-13-2)7-3-4-10-5-7/h7-8,10H,3-6H2,1-2H3. The quantitative estimate of drug-likeness (QED) is 0.684. The number of methoxy groups -OCH3 is 1. The number of nitrogens with one attached hydrogen (secondary N) is 1. The van der Waals surface area contributed by atoms with Crippen LogP contribution in [0.25, 0.3) is 0 Å². The summed E-state index contributed by atoms with van der Waals surface area (Å²) in [5, 5.41) is 3.27. The summed E-state index contributed by atoms with van der Waals surface area (Å²) in [6.07, 6.45) is 3.12. The minimum absolute atomic E-state index is 0.0527. The van der Waals surface area contributed by atoms with Gasteiger partial charge < -0.3 is 10.1 Å². The average Bonchev–Trinajstić information content (AvgIpc) is 2.65. The van der Waals surface area contributed by atoms with Crippen molar-refractivity contribution >= 4 is 17.7 Å². The fraction of sp³-hybridized carbons (Fsp3) is 0.889. The van der Waals surface area contributed by atoms with E-state index in [0.29, 0.717) is 5.92 Å². The first-order chi connectivity index (χ1) is 6.29. The molecule has 4 heteroatoms. The Morgan fingerprint density at radius 1 is 1.77 bits per heavy atom. The van der Waals surface area contributed by atoms with Crippen molar-refractivity contribution in [2.45, 2.75) is 6.42 Å². The molecular formula is C9H17NO2S. The molecule has 1 heterocycles. The van der Waals surface area contributed by atoms with E-state index in [2.05, 4.69) is 5.32 Å². The minimum Gasteiger partial charge on any atom is -0.469 e. The number of thioether (sulfide) groups is 1. The number of ether oxygens (including phenoxy) is 1. The van der Waals surface area contributed by atoms with Gasteiger partial charge in [0, 0.05) is 5.75 Å². The highest BCUT2D eigenvalue weighted by molar-refractivity contribution is 7.98. The highest BCUT2D eigenvalue weighted by Crippen LogP contribution is 2.23. The first-order valence-electron chi connectivity index (χ1n) is 4.57. The van der Waals surface area contributed by atoms with Crippen LogP contribution in [0.15, 0.2) is 0 Å². The first-order valence-corrected chi connectivity index (χ1v) is 5.96. The lowest BCUT2D eigenvalue weighted by atomic mass is 9.93. The zero-order chi connectivity index (χ0) is 9.68.